The van der Waals surface area contributed by atoms with E-state index in [9.17, 15) is 9.90 Å². The molecule has 210 valence electrons. The molecule has 2 N–H and O–H groups in total. The number of aliphatic hydroxyl groups is 1. The highest BCUT2D eigenvalue weighted by Crippen LogP contribution is 2.38. The average Bonchev–Trinajstić information content (AvgIpc) is 3.55. The zero-order valence-electron chi connectivity index (χ0n) is 23.1. The van der Waals surface area contributed by atoms with Crippen molar-refractivity contribution in [3.8, 4) is 0 Å². The molecular formula is C34H40N2O4. The van der Waals surface area contributed by atoms with Crippen LogP contribution < -0.4 is 5.32 Å². The quantitative estimate of drug-likeness (QED) is 0.288. The lowest BCUT2D eigenvalue weighted by molar-refractivity contribution is -0.253. The molecule has 0 spiro atoms. The smallest absolute Gasteiger partial charge is 0.251 e. The highest BCUT2D eigenvalue weighted by Gasteiger charge is 2.34. The summed E-state index contributed by atoms with van der Waals surface area (Å²) in [5.74, 6) is -0.0899. The van der Waals surface area contributed by atoms with Crippen LogP contribution in [0.3, 0.4) is 0 Å². The van der Waals surface area contributed by atoms with Crippen molar-refractivity contribution >= 4 is 5.91 Å². The molecule has 0 radical (unpaired) electrons. The van der Waals surface area contributed by atoms with Crippen molar-refractivity contribution in [2.75, 3.05) is 13.1 Å². The van der Waals surface area contributed by atoms with E-state index < -0.39 is 6.29 Å². The van der Waals surface area contributed by atoms with Gasteiger partial charge in [-0.05, 0) is 41.7 Å². The van der Waals surface area contributed by atoms with Crippen molar-refractivity contribution in [2.45, 2.75) is 69.8 Å². The molecule has 6 nitrogen and oxygen atoms in total. The third-order valence-corrected chi connectivity index (χ3v) is 8.00. The predicted octanol–water partition coefficient (Wildman–Crippen LogP) is 6.08. The number of nitrogens with zero attached hydrogens (tertiary/aromatic N) is 1. The molecule has 3 aromatic carbocycles. The summed E-state index contributed by atoms with van der Waals surface area (Å²) in [6.45, 7) is 6.17. The summed E-state index contributed by atoms with van der Waals surface area (Å²) in [6.07, 6.45) is 7.18. The van der Waals surface area contributed by atoms with Crippen LogP contribution in [-0.4, -0.2) is 41.1 Å². The van der Waals surface area contributed by atoms with Gasteiger partial charge in [0.05, 0.1) is 18.8 Å². The summed E-state index contributed by atoms with van der Waals surface area (Å²) >= 11 is 0. The highest BCUT2D eigenvalue weighted by atomic mass is 16.7. The van der Waals surface area contributed by atoms with Gasteiger partial charge in [0.25, 0.3) is 5.91 Å². The molecule has 3 unspecified atom stereocenters. The molecule has 1 amide bonds. The van der Waals surface area contributed by atoms with Crippen LogP contribution in [0.4, 0.5) is 0 Å². The minimum Gasteiger partial charge on any atom is -0.392 e. The summed E-state index contributed by atoms with van der Waals surface area (Å²) in [5.41, 5.74) is 4.59. The van der Waals surface area contributed by atoms with E-state index in [4.69, 9.17) is 9.47 Å². The van der Waals surface area contributed by atoms with Gasteiger partial charge in [0.15, 0.2) is 6.29 Å². The first-order valence-electron chi connectivity index (χ1n) is 14.4. The predicted molar refractivity (Wildman–Crippen MR) is 157 cm³/mol. The van der Waals surface area contributed by atoms with Crippen LogP contribution >= 0.6 is 0 Å². The fourth-order valence-electron chi connectivity index (χ4n) is 5.77. The van der Waals surface area contributed by atoms with Crippen LogP contribution in [-0.2, 0) is 22.6 Å². The summed E-state index contributed by atoms with van der Waals surface area (Å²) in [4.78, 5) is 15.0. The number of rotatable bonds is 11. The van der Waals surface area contributed by atoms with Crippen molar-refractivity contribution in [3.05, 3.63) is 119 Å². The van der Waals surface area contributed by atoms with Crippen LogP contribution in [0.15, 0.2) is 91.5 Å². The van der Waals surface area contributed by atoms with Crippen molar-refractivity contribution in [3.63, 3.8) is 0 Å². The second-order valence-electron chi connectivity index (χ2n) is 10.8. The second kappa shape index (κ2) is 13.9. The number of nitrogens with one attached hydrogen (secondary N) is 1. The lowest BCUT2D eigenvalue weighted by Crippen LogP contribution is -2.43. The SMILES string of the molecule is C=CCN(CC1CC(c2ccc(CO)cc2)OC(c2ccc(CNC(=O)c3ccccc3)cc2)O1)C1CCCC1. The number of carbonyl (C=O) groups excluding carboxylic acids is 1. The fourth-order valence-corrected chi connectivity index (χ4v) is 5.77. The number of carbonyl (C=O) groups is 1. The molecule has 1 aliphatic heterocycles. The van der Waals surface area contributed by atoms with Gasteiger partial charge in [-0.3, -0.25) is 9.69 Å². The van der Waals surface area contributed by atoms with Gasteiger partial charge >= 0.3 is 0 Å². The number of hydrogen-bond donors (Lipinski definition) is 2. The number of aliphatic hydroxyl groups excluding tert-OH is 1. The zero-order valence-corrected chi connectivity index (χ0v) is 23.1. The molecule has 2 fully saturated rings. The molecule has 0 bridgehead atoms. The fraction of sp³-hybridized carbons (Fsp3) is 0.382. The average molecular weight is 541 g/mol. The van der Waals surface area contributed by atoms with Crippen molar-refractivity contribution in [1.82, 2.24) is 10.2 Å². The Morgan fingerprint density at radius 3 is 2.27 bits per heavy atom. The van der Waals surface area contributed by atoms with Crippen LogP contribution in [0.25, 0.3) is 0 Å². The second-order valence-corrected chi connectivity index (χ2v) is 10.8. The van der Waals surface area contributed by atoms with E-state index in [0.29, 0.717) is 18.2 Å². The first-order valence-corrected chi connectivity index (χ1v) is 14.4. The van der Waals surface area contributed by atoms with Gasteiger partial charge in [0.2, 0.25) is 0 Å². The van der Waals surface area contributed by atoms with E-state index in [1.54, 1.807) is 0 Å². The first kappa shape index (κ1) is 28.2. The molecule has 2 aliphatic rings. The molecule has 1 saturated heterocycles. The molecule has 6 heteroatoms. The van der Waals surface area contributed by atoms with E-state index in [-0.39, 0.29) is 24.7 Å². The van der Waals surface area contributed by atoms with Gasteiger partial charge in [0, 0.05) is 43.2 Å². The van der Waals surface area contributed by atoms with Crippen LogP contribution in [0.5, 0.6) is 0 Å². The molecule has 1 aliphatic carbocycles. The highest BCUT2D eigenvalue weighted by molar-refractivity contribution is 5.94. The molecule has 5 rings (SSSR count). The molecule has 3 atom stereocenters. The Morgan fingerprint density at radius 2 is 1.60 bits per heavy atom. The largest absolute Gasteiger partial charge is 0.392 e. The molecular weight excluding hydrogens is 500 g/mol. The maximum absolute atomic E-state index is 12.4. The number of hydrogen-bond acceptors (Lipinski definition) is 5. The van der Waals surface area contributed by atoms with Gasteiger partial charge in [0.1, 0.15) is 0 Å². The minimum absolute atomic E-state index is 0.00616. The monoisotopic (exact) mass is 540 g/mol. The number of amides is 1. The van der Waals surface area contributed by atoms with Crippen molar-refractivity contribution in [1.29, 1.82) is 0 Å². The molecule has 40 heavy (non-hydrogen) atoms. The van der Waals surface area contributed by atoms with E-state index in [0.717, 1.165) is 41.8 Å². The normalized spacial score (nSPS) is 21.4. The Morgan fingerprint density at radius 1 is 0.925 bits per heavy atom. The van der Waals surface area contributed by atoms with Gasteiger partial charge in [-0.1, -0.05) is 85.6 Å². The molecule has 1 heterocycles. The number of ether oxygens (including phenoxy) is 2. The molecule has 3 aromatic rings. The summed E-state index contributed by atoms with van der Waals surface area (Å²) in [6, 6.07) is 25.9. The summed E-state index contributed by atoms with van der Waals surface area (Å²) in [5, 5.41) is 12.5. The maximum Gasteiger partial charge on any atom is 0.251 e. The van der Waals surface area contributed by atoms with Crippen molar-refractivity contribution in [2.24, 2.45) is 0 Å². The minimum atomic E-state index is -0.497. The van der Waals surface area contributed by atoms with Gasteiger partial charge in [-0.25, -0.2) is 0 Å². The first-order chi connectivity index (χ1) is 19.6. The summed E-state index contributed by atoms with van der Waals surface area (Å²) < 4.78 is 13.1. The lowest BCUT2D eigenvalue weighted by atomic mass is 9.99. The molecule has 0 aromatic heterocycles. The van der Waals surface area contributed by atoms with E-state index in [2.05, 4.69) is 16.8 Å². The third-order valence-electron chi connectivity index (χ3n) is 8.00. The van der Waals surface area contributed by atoms with E-state index in [1.165, 1.54) is 25.7 Å². The topological polar surface area (TPSA) is 71.0 Å². The Labute approximate surface area is 237 Å². The standard InChI is InChI=1S/C34H40N2O4/c1-2-20-36(30-10-6-7-11-30)23-31-21-32(27-16-14-26(24-37)15-17-27)40-34(39-31)29-18-12-25(13-19-29)22-35-33(38)28-8-4-3-5-9-28/h2-5,8-9,12-19,30-32,34,37H,1,6-7,10-11,20-24H2,(H,35,38). The van der Waals surface area contributed by atoms with Gasteiger partial charge in [-0.2, -0.15) is 0 Å². The van der Waals surface area contributed by atoms with Gasteiger partial charge in [-0.15, -0.1) is 6.58 Å². The summed E-state index contributed by atoms with van der Waals surface area (Å²) in [7, 11) is 0. The zero-order chi connectivity index (χ0) is 27.7. The molecule has 1 saturated carbocycles. The van der Waals surface area contributed by atoms with Crippen LogP contribution in [0.2, 0.25) is 0 Å². The van der Waals surface area contributed by atoms with E-state index in [1.807, 2.05) is 84.9 Å². The van der Waals surface area contributed by atoms with Crippen LogP contribution in [0.1, 0.15) is 77.1 Å². The Hall–Kier alpha value is -3.29. The van der Waals surface area contributed by atoms with Gasteiger partial charge < -0.3 is 19.9 Å². The van der Waals surface area contributed by atoms with Crippen LogP contribution in [0, 0.1) is 0 Å². The Bertz CT molecular complexity index is 1220. The Balaban J connectivity index is 1.29. The van der Waals surface area contributed by atoms with E-state index >= 15 is 0 Å². The van der Waals surface area contributed by atoms with Crippen molar-refractivity contribution < 1.29 is 19.4 Å². The number of benzene rings is 3. The maximum atomic E-state index is 12.4. The third kappa shape index (κ3) is 7.26. The lowest BCUT2D eigenvalue weighted by Gasteiger charge is -2.39. The Kier molecular flexibility index (Phi) is 9.79.